The van der Waals surface area contributed by atoms with Crippen molar-refractivity contribution >= 4 is 38.9 Å². The number of hydrogen-bond acceptors (Lipinski definition) is 5. The van der Waals surface area contributed by atoms with Gasteiger partial charge in [0, 0.05) is 31.3 Å². The summed E-state index contributed by atoms with van der Waals surface area (Å²) in [5.74, 6) is -0.935. The Morgan fingerprint density at radius 2 is 1.80 bits per heavy atom. The summed E-state index contributed by atoms with van der Waals surface area (Å²) in [6, 6.07) is 6.11. The highest BCUT2D eigenvalue weighted by Crippen LogP contribution is 2.18. The van der Waals surface area contributed by atoms with Gasteiger partial charge in [-0.25, -0.2) is 8.42 Å². The Hall–Kier alpha value is -2.42. The summed E-state index contributed by atoms with van der Waals surface area (Å²) in [4.78, 5) is 36.3. The maximum absolute atomic E-state index is 12.2. The molecule has 25 heavy (non-hydrogen) atoms. The Balaban J connectivity index is 2.01. The van der Waals surface area contributed by atoms with E-state index in [9.17, 15) is 22.8 Å². The molecule has 0 aliphatic carbocycles. The van der Waals surface area contributed by atoms with Crippen molar-refractivity contribution < 1.29 is 22.8 Å². The molecule has 1 aliphatic rings. The maximum atomic E-state index is 12.2. The molecule has 136 valence electrons. The van der Waals surface area contributed by atoms with E-state index in [1.165, 1.54) is 18.7 Å². The Labute approximate surface area is 146 Å². The van der Waals surface area contributed by atoms with Crippen molar-refractivity contribution in [2.75, 3.05) is 28.3 Å². The van der Waals surface area contributed by atoms with E-state index in [4.69, 9.17) is 0 Å². The Kier molecular flexibility index (Phi) is 5.78. The lowest BCUT2D eigenvalue weighted by Crippen LogP contribution is -2.44. The lowest BCUT2D eigenvalue weighted by atomic mass is 10.2. The van der Waals surface area contributed by atoms with Gasteiger partial charge in [-0.3, -0.25) is 14.4 Å². The average Bonchev–Trinajstić information content (AvgIpc) is 2.83. The molecule has 0 aromatic heterocycles. The van der Waals surface area contributed by atoms with E-state index < -0.39 is 21.8 Å². The second kappa shape index (κ2) is 7.64. The van der Waals surface area contributed by atoms with E-state index in [2.05, 4.69) is 10.6 Å². The Bertz CT molecular complexity index is 773. The molecule has 0 bridgehead atoms. The first-order valence-electron chi connectivity index (χ1n) is 7.82. The van der Waals surface area contributed by atoms with Gasteiger partial charge in [-0.05, 0) is 30.7 Å². The first kappa shape index (κ1) is 18.9. The van der Waals surface area contributed by atoms with E-state index in [1.807, 2.05) is 0 Å². The lowest BCUT2D eigenvalue weighted by Gasteiger charge is -2.22. The molecule has 1 heterocycles. The fourth-order valence-corrected chi connectivity index (χ4v) is 4.31. The number of rotatable bonds is 5. The van der Waals surface area contributed by atoms with Crippen molar-refractivity contribution in [1.29, 1.82) is 0 Å². The van der Waals surface area contributed by atoms with E-state index >= 15 is 0 Å². The first-order valence-corrected chi connectivity index (χ1v) is 9.64. The predicted octanol–water partition coefficient (Wildman–Crippen LogP) is 0.301. The average molecular weight is 367 g/mol. The number of hydrogen-bond donors (Lipinski definition) is 2. The molecule has 2 N–H and O–H groups in total. The largest absolute Gasteiger partial charge is 0.351 e. The minimum atomic E-state index is -3.08. The van der Waals surface area contributed by atoms with E-state index in [1.54, 1.807) is 24.3 Å². The number of nitrogens with zero attached hydrogens (tertiary/aromatic N) is 1. The van der Waals surface area contributed by atoms with Crippen LogP contribution in [-0.2, 0) is 24.2 Å². The third-order valence-electron chi connectivity index (χ3n) is 3.78. The molecule has 1 aliphatic heterocycles. The molecule has 1 aromatic carbocycles. The molecule has 1 saturated heterocycles. The van der Waals surface area contributed by atoms with E-state index in [0.29, 0.717) is 17.8 Å². The quantitative estimate of drug-likeness (QED) is 0.777. The standard InChI is InChI=1S/C16H21N3O5S/c1-11(20)17-13-3-5-15(6-4-13)19(12(2)21)9-16(22)18-14-7-8-25(23,24)10-14/h3-6,14H,7-10H2,1-2H3,(H,17,20)(H,18,22). The van der Waals surface area contributed by atoms with Gasteiger partial charge in [0.2, 0.25) is 17.7 Å². The third kappa shape index (κ3) is 5.56. The highest BCUT2D eigenvalue weighted by molar-refractivity contribution is 7.91. The highest BCUT2D eigenvalue weighted by Gasteiger charge is 2.29. The predicted molar refractivity (Wildman–Crippen MR) is 94.0 cm³/mol. The second-order valence-electron chi connectivity index (χ2n) is 6.00. The van der Waals surface area contributed by atoms with E-state index in [0.717, 1.165) is 0 Å². The smallest absolute Gasteiger partial charge is 0.240 e. The summed E-state index contributed by atoms with van der Waals surface area (Å²) >= 11 is 0. The van der Waals surface area contributed by atoms with Crippen molar-refractivity contribution in [3.63, 3.8) is 0 Å². The van der Waals surface area contributed by atoms with Gasteiger partial charge in [-0.2, -0.15) is 0 Å². The first-order chi connectivity index (χ1) is 11.7. The third-order valence-corrected chi connectivity index (χ3v) is 5.55. The molecule has 1 fully saturated rings. The summed E-state index contributed by atoms with van der Waals surface area (Å²) < 4.78 is 22.9. The molecular weight excluding hydrogens is 346 g/mol. The lowest BCUT2D eigenvalue weighted by molar-refractivity contribution is -0.123. The zero-order valence-corrected chi connectivity index (χ0v) is 14.9. The van der Waals surface area contributed by atoms with Crippen LogP contribution in [0, 0.1) is 0 Å². The van der Waals surface area contributed by atoms with Crippen LogP contribution < -0.4 is 15.5 Å². The van der Waals surface area contributed by atoms with Crippen LogP contribution in [-0.4, -0.2) is 50.2 Å². The zero-order valence-electron chi connectivity index (χ0n) is 14.1. The minimum absolute atomic E-state index is 0.0653. The number of nitrogens with one attached hydrogen (secondary N) is 2. The van der Waals surface area contributed by atoms with Crippen LogP contribution in [0.15, 0.2) is 24.3 Å². The zero-order chi connectivity index (χ0) is 18.6. The number of amides is 3. The number of anilines is 2. The molecule has 0 spiro atoms. The summed E-state index contributed by atoms with van der Waals surface area (Å²) in [5.41, 5.74) is 1.09. The molecule has 3 amide bonds. The monoisotopic (exact) mass is 367 g/mol. The SMILES string of the molecule is CC(=O)Nc1ccc(N(CC(=O)NC2CCS(=O)(=O)C2)C(C)=O)cc1. The summed E-state index contributed by atoms with van der Waals surface area (Å²) in [6.45, 7) is 2.53. The van der Waals surface area contributed by atoms with E-state index in [-0.39, 0.29) is 29.9 Å². The number of carbonyl (C=O) groups excluding carboxylic acids is 3. The van der Waals surface area contributed by atoms with Crippen LogP contribution >= 0.6 is 0 Å². The number of benzene rings is 1. The Morgan fingerprint density at radius 1 is 1.16 bits per heavy atom. The van der Waals surface area contributed by atoms with Crippen LogP contribution in [0.25, 0.3) is 0 Å². The van der Waals surface area contributed by atoms with Gasteiger partial charge in [0.1, 0.15) is 6.54 Å². The molecule has 1 unspecified atom stereocenters. The Morgan fingerprint density at radius 3 is 2.28 bits per heavy atom. The van der Waals surface area contributed by atoms with Gasteiger partial charge in [0.05, 0.1) is 11.5 Å². The topological polar surface area (TPSA) is 113 Å². The van der Waals surface area contributed by atoms with Gasteiger partial charge < -0.3 is 15.5 Å². The molecule has 1 atom stereocenters. The number of carbonyl (C=O) groups is 3. The van der Waals surface area contributed by atoms with Crippen LogP contribution in [0.5, 0.6) is 0 Å². The highest BCUT2D eigenvalue weighted by atomic mass is 32.2. The van der Waals surface area contributed by atoms with Crippen molar-refractivity contribution in [3.05, 3.63) is 24.3 Å². The van der Waals surface area contributed by atoms with Gasteiger partial charge in [0.15, 0.2) is 9.84 Å². The fourth-order valence-electron chi connectivity index (χ4n) is 2.64. The second-order valence-corrected chi connectivity index (χ2v) is 8.23. The van der Waals surface area contributed by atoms with Gasteiger partial charge >= 0.3 is 0 Å². The number of sulfone groups is 1. The molecule has 8 nitrogen and oxygen atoms in total. The molecular formula is C16H21N3O5S. The molecule has 0 saturated carbocycles. The molecule has 9 heteroatoms. The normalized spacial score (nSPS) is 18.4. The molecule has 0 radical (unpaired) electrons. The fraction of sp³-hybridized carbons (Fsp3) is 0.438. The van der Waals surface area contributed by atoms with Crippen molar-refractivity contribution in [2.45, 2.75) is 26.3 Å². The van der Waals surface area contributed by atoms with Gasteiger partial charge in [-0.1, -0.05) is 0 Å². The minimum Gasteiger partial charge on any atom is -0.351 e. The van der Waals surface area contributed by atoms with Crippen molar-refractivity contribution in [1.82, 2.24) is 5.32 Å². The molecule has 1 aromatic rings. The van der Waals surface area contributed by atoms with Crippen molar-refractivity contribution in [2.24, 2.45) is 0 Å². The summed E-state index contributed by atoms with van der Waals surface area (Å²) in [5, 5.41) is 5.28. The van der Waals surface area contributed by atoms with Gasteiger partial charge in [-0.15, -0.1) is 0 Å². The summed E-state index contributed by atoms with van der Waals surface area (Å²) in [6.07, 6.45) is 0.388. The van der Waals surface area contributed by atoms with Crippen LogP contribution in [0.1, 0.15) is 20.3 Å². The van der Waals surface area contributed by atoms with Crippen molar-refractivity contribution in [3.8, 4) is 0 Å². The van der Waals surface area contributed by atoms with Crippen LogP contribution in [0.4, 0.5) is 11.4 Å². The van der Waals surface area contributed by atoms with Crippen LogP contribution in [0.2, 0.25) is 0 Å². The van der Waals surface area contributed by atoms with Crippen LogP contribution in [0.3, 0.4) is 0 Å². The maximum Gasteiger partial charge on any atom is 0.240 e. The molecule has 2 rings (SSSR count). The summed E-state index contributed by atoms with van der Waals surface area (Å²) in [7, 11) is -3.08. The van der Waals surface area contributed by atoms with Gasteiger partial charge in [0.25, 0.3) is 0 Å².